The van der Waals surface area contributed by atoms with Gasteiger partial charge in [0.2, 0.25) is 0 Å². The molecule has 0 aliphatic carbocycles. The Kier molecular flexibility index (Phi) is 2.68. The van der Waals surface area contributed by atoms with Crippen molar-refractivity contribution in [3.63, 3.8) is 0 Å². The second-order valence-corrected chi connectivity index (χ2v) is 5.90. The molecule has 0 atom stereocenters. The molecule has 1 aromatic carbocycles. The third-order valence-electron chi connectivity index (χ3n) is 2.92. The maximum Gasteiger partial charge on any atom is 0.327 e. The van der Waals surface area contributed by atoms with Crippen LogP contribution in [0.3, 0.4) is 0 Å². The first kappa shape index (κ1) is 12.5. The highest BCUT2D eigenvalue weighted by Gasteiger charge is 2.34. The Morgan fingerprint density at radius 2 is 1.90 bits per heavy atom. The summed E-state index contributed by atoms with van der Waals surface area (Å²) < 4.78 is 26.2. The van der Waals surface area contributed by atoms with Gasteiger partial charge in [0.05, 0.1) is 11.9 Å². The van der Waals surface area contributed by atoms with Gasteiger partial charge in [-0.25, -0.2) is 19.0 Å². The number of rotatable bonds is 1. The van der Waals surface area contributed by atoms with E-state index in [1.54, 1.807) is 0 Å². The zero-order valence-corrected chi connectivity index (χ0v) is 11.3. The molecule has 0 bridgehead atoms. The molecule has 0 radical (unpaired) electrons. The predicted molar refractivity (Wildman–Crippen MR) is 72.3 cm³/mol. The molecule has 3 rings (SSSR count). The van der Waals surface area contributed by atoms with Gasteiger partial charge in [0.1, 0.15) is 0 Å². The topological polar surface area (TPSA) is 92.3 Å². The summed E-state index contributed by atoms with van der Waals surface area (Å²) in [6.07, 6.45) is 1.44. The van der Waals surface area contributed by atoms with Gasteiger partial charge in [-0.1, -0.05) is 30.3 Å². The second kappa shape index (κ2) is 4.27. The van der Waals surface area contributed by atoms with Crippen LogP contribution in [0.15, 0.2) is 36.5 Å². The van der Waals surface area contributed by atoms with Crippen molar-refractivity contribution in [3.05, 3.63) is 42.2 Å². The number of fused-ring (bicyclic) bond motifs is 1. The van der Waals surface area contributed by atoms with Crippen LogP contribution in [0.25, 0.3) is 11.3 Å². The fraction of sp³-hybridized carbons (Fsp3) is 0.0833. The Labute approximate surface area is 115 Å². The third kappa shape index (κ3) is 1.90. The summed E-state index contributed by atoms with van der Waals surface area (Å²) in [5, 5.41) is 0. The molecule has 8 heteroatoms. The average molecular weight is 290 g/mol. The monoisotopic (exact) mass is 290 g/mol. The molecule has 0 fully saturated rings. The average Bonchev–Trinajstić information content (AvgIpc) is 2.45. The van der Waals surface area contributed by atoms with Gasteiger partial charge in [0.15, 0.2) is 11.5 Å². The van der Waals surface area contributed by atoms with Crippen molar-refractivity contribution in [2.24, 2.45) is 0 Å². The van der Waals surface area contributed by atoms with E-state index in [1.165, 1.54) is 13.2 Å². The molecule has 1 N–H and O–H groups in total. The fourth-order valence-electron chi connectivity index (χ4n) is 1.85. The number of benzene rings is 1. The molecular weight excluding hydrogens is 280 g/mol. The van der Waals surface area contributed by atoms with Gasteiger partial charge < -0.3 is 0 Å². The van der Waals surface area contributed by atoms with Crippen molar-refractivity contribution in [2.75, 3.05) is 11.4 Å². The number of carbonyl (C=O) groups is 1. The molecule has 0 saturated heterocycles. The lowest BCUT2D eigenvalue weighted by Crippen LogP contribution is -2.47. The van der Waals surface area contributed by atoms with Crippen molar-refractivity contribution in [1.29, 1.82) is 0 Å². The Balaban J connectivity index is 2.18. The first-order chi connectivity index (χ1) is 9.49. The summed E-state index contributed by atoms with van der Waals surface area (Å²) in [6, 6.07) is 9.19. The van der Waals surface area contributed by atoms with E-state index in [2.05, 4.69) is 9.97 Å². The largest absolute Gasteiger partial charge is 0.327 e. The van der Waals surface area contributed by atoms with E-state index in [0.29, 0.717) is 5.69 Å². The van der Waals surface area contributed by atoms with Crippen LogP contribution in [0.4, 0.5) is 5.82 Å². The Morgan fingerprint density at radius 1 is 1.20 bits per heavy atom. The van der Waals surface area contributed by atoms with E-state index < -0.39 is 16.1 Å². The van der Waals surface area contributed by atoms with Gasteiger partial charge in [-0.3, -0.25) is 4.79 Å². The highest BCUT2D eigenvalue weighted by molar-refractivity contribution is 7.91. The molecule has 20 heavy (non-hydrogen) atoms. The molecule has 1 aromatic heterocycles. The first-order valence-electron chi connectivity index (χ1n) is 5.72. The van der Waals surface area contributed by atoms with E-state index in [4.69, 9.17) is 0 Å². The number of carbonyl (C=O) groups excluding carboxylic acids is 1. The lowest BCUT2D eigenvalue weighted by atomic mass is 10.1. The predicted octanol–water partition coefficient (Wildman–Crippen LogP) is 0.568. The minimum absolute atomic E-state index is 0.0120. The number of anilines is 1. The van der Waals surface area contributed by atoms with Gasteiger partial charge in [-0.15, -0.1) is 0 Å². The molecule has 1 amide bonds. The van der Waals surface area contributed by atoms with Crippen LogP contribution in [0.2, 0.25) is 0 Å². The smallest absolute Gasteiger partial charge is 0.266 e. The molecule has 2 aromatic rings. The zero-order chi connectivity index (χ0) is 14.3. The Hall–Kier alpha value is -2.48. The number of amides is 1. The lowest BCUT2D eigenvalue weighted by molar-refractivity contribution is 0.0974. The number of hydrogen-bond acceptors (Lipinski definition) is 5. The third-order valence-corrected chi connectivity index (χ3v) is 4.26. The summed E-state index contributed by atoms with van der Waals surface area (Å²) in [7, 11) is -2.58. The normalized spacial score (nSPS) is 16.4. The van der Waals surface area contributed by atoms with Crippen LogP contribution in [0.5, 0.6) is 0 Å². The van der Waals surface area contributed by atoms with Gasteiger partial charge in [0, 0.05) is 12.6 Å². The van der Waals surface area contributed by atoms with Crippen LogP contribution in [0.1, 0.15) is 10.5 Å². The van der Waals surface area contributed by atoms with Crippen LogP contribution >= 0.6 is 0 Å². The minimum Gasteiger partial charge on any atom is -0.266 e. The maximum atomic E-state index is 11.7. The van der Waals surface area contributed by atoms with Gasteiger partial charge in [-0.05, 0) is 0 Å². The van der Waals surface area contributed by atoms with E-state index in [-0.39, 0.29) is 11.5 Å². The SMILES string of the molecule is CN1c2nc(-c3ccccc3)cnc2C(=O)NS1(=O)=O. The van der Waals surface area contributed by atoms with Crippen LogP contribution in [-0.2, 0) is 10.2 Å². The minimum atomic E-state index is -3.89. The summed E-state index contributed by atoms with van der Waals surface area (Å²) in [4.78, 5) is 19.9. The molecule has 102 valence electrons. The molecule has 0 spiro atoms. The van der Waals surface area contributed by atoms with Crippen molar-refractivity contribution in [3.8, 4) is 11.3 Å². The Bertz CT molecular complexity index is 790. The summed E-state index contributed by atoms with van der Waals surface area (Å²) in [5.41, 5.74) is 1.28. The van der Waals surface area contributed by atoms with E-state index in [9.17, 15) is 13.2 Å². The second-order valence-electron chi connectivity index (χ2n) is 4.20. The molecular formula is C12H10N4O3S. The van der Waals surface area contributed by atoms with Crippen LogP contribution in [0, 0.1) is 0 Å². The summed E-state index contributed by atoms with van der Waals surface area (Å²) >= 11 is 0. The Morgan fingerprint density at radius 3 is 2.60 bits per heavy atom. The molecule has 1 aliphatic rings. The molecule has 1 aliphatic heterocycles. The highest BCUT2D eigenvalue weighted by atomic mass is 32.2. The van der Waals surface area contributed by atoms with Gasteiger partial charge in [-0.2, -0.15) is 8.42 Å². The van der Waals surface area contributed by atoms with Gasteiger partial charge in [0.25, 0.3) is 5.91 Å². The van der Waals surface area contributed by atoms with Crippen molar-refractivity contribution in [1.82, 2.24) is 14.7 Å². The van der Waals surface area contributed by atoms with Crippen LogP contribution in [-0.4, -0.2) is 31.3 Å². The summed E-state index contributed by atoms with van der Waals surface area (Å²) in [5.74, 6) is -0.750. The van der Waals surface area contributed by atoms with Crippen molar-refractivity contribution < 1.29 is 13.2 Å². The zero-order valence-electron chi connectivity index (χ0n) is 10.4. The van der Waals surface area contributed by atoms with E-state index >= 15 is 0 Å². The number of hydrogen-bond donors (Lipinski definition) is 1. The van der Waals surface area contributed by atoms with Crippen molar-refractivity contribution >= 4 is 21.9 Å². The van der Waals surface area contributed by atoms with Gasteiger partial charge >= 0.3 is 10.2 Å². The van der Waals surface area contributed by atoms with E-state index in [0.717, 1.165) is 9.87 Å². The lowest BCUT2D eigenvalue weighted by Gasteiger charge is -2.25. The molecule has 0 saturated carbocycles. The fourth-order valence-corrected chi connectivity index (χ4v) is 2.68. The number of aromatic nitrogens is 2. The van der Waals surface area contributed by atoms with Crippen molar-refractivity contribution in [2.45, 2.75) is 0 Å². The standard InChI is InChI=1S/C12H10N4O3S/c1-16-11-10(12(17)15-20(16,18)19)13-7-9(14-11)8-5-3-2-4-6-8/h2-7H,1H3,(H,15,17). The first-order valence-corrected chi connectivity index (χ1v) is 7.16. The molecule has 0 unspecified atom stereocenters. The van der Waals surface area contributed by atoms with Crippen LogP contribution < -0.4 is 9.03 Å². The molecule has 7 nitrogen and oxygen atoms in total. The quantitative estimate of drug-likeness (QED) is 0.829. The number of nitrogens with zero attached hydrogens (tertiary/aromatic N) is 3. The highest BCUT2D eigenvalue weighted by Crippen LogP contribution is 2.25. The molecule has 2 heterocycles. The van der Waals surface area contributed by atoms with E-state index in [1.807, 2.05) is 35.1 Å². The summed E-state index contributed by atoms with van der Waals surface area (Å²) in [6.45, 7) is 0. The number of nitrogens with one attached hydrogen (secondary N) is 1. The maximum absolute atomic E-state index is 11.7.